The molecule has 0 unspecified atom stereocenters. The Kier molecular flexibility index (Phi) is 6.85. The summed E-state index contributed by atoms with van der Waals surface area (Å²) in [5.41, 5.74) is 0.779. The molecule has 2 aliphatic heterocycles. The van der Waals surface area contributed by atoms with Gasteiger partial charge in [0.25, 0.3) is 11.8 Å². The van der Waals surface area contributed by atoms with Crippen molar-refractivity contribution in [1.82, 2.24) is 14.5 Å². The summed E-state index contributed by atoms with van der Waals surface area (Å²) in [5.74, 6) is -0.501. The van der Waals surface area contributed by atoms with Crippen molar-refractivity contribution in [2.45, 2.75) is 24.3 Å². The number of amides is 3. The molecular weight excluding hydrogens is 460 g/mol. The number of carbonyl (C=O) groups excluding carboxylic acids is 3. The predicted octanol–water partition coefficient (Wildman–Crippen LogP) is 1.06. The molecule has 2 N–H and O–H groups in total. The zero-order chi connectivity index (χ0) is 24.3. The number of rotatable bonds is 6. The molecule has 1 fully saturated rings. The van der Waals surface area contributed by atoms with Crippen LogP contribution in [0, 0.1) is 0 Å². The van der Waals surface area contributed by atoms with Crippen LogP contribution in [0.5, 0.6) is 5.75 Å². The quantitative estimate of drug-likeness (QED) is 0.629. The summed E-state index contributed by atoms with van der Waals surface area (Å²) in [7, 11) is -3.82. The molecule has 11 heteroatoms. The van der Waals surface area contributed by atoms with E-state index >= 15 is 0 Å². The molecule has 1 saturated heterocycles. The maximum absolute atomic E-state index is 13.1. The van der Waals surface area contributed by atoms with Gasteiger partial charge in [-0.2, -0.15) is 4.31 Å². The molecule has 0 radical (unpaired) electrons. The maximum Gasteiger partial charge on any atom is 0.265 e. The Hall–Kier alpha value is -3.44. The third-order valence-electron chi connectivity index (χ3n) is 5.81. The monoisotopic (exact) mass is 486 g/mol. The molecular formula is C23H26N4O6S. The number of sulfonamides is 1. The lowest BCUT2D eigenvalue weighted by atomic mass is 10.2. The Morgan fingerprint density at radius 1 is 1.09 bits per heavy atom. The number of anilines is 1. The van der Waals surface area contributed by atoms with Gasteiger partial charge in [0.05, 0.1) is 17.1 Å². The summed E-state index contributed by atoms with van der Waals surface area (Å²) in [5, 5.41) is 5.29. The van der Waals surface area contributed by atoms with E-state index in [0.717, 1.165) is 0 Å². The minimum Gasteiger partial charge on any atom is -0.478 e. The molecule has 0 spiro atoms. The second-order valence-corrected chi connectivity index (χ2v) is 9.93. The Labute approximate surface area is 197 Å². The average Bonchev–Trinajstić information content (AvgIpc) is 2.86. The summed E-state index contributed by atoms with van der Waals surface area (Å²) in [6.07, 6.45) is -0.0948. The highest BCUT2D eigenvalue weighted by Crippen LogP contribution is 2.33. The van der Waals surface area contributed by atoms with Crippen LogP contribution in [0.2, 0.25) is 0 Å². The number of hydrogen-bond donors (Lipinski definition) is 2. The second kappa shape index (κ2) is 9.82. The molecule has 2 heterocycles. The SMILES string of the molecule is CC[C@@H]1Oc2ccc(S(=O)(=O)N3CCN(C(=O)CNC(=O)c4ccccc4)CC3)cc2NC1=O. The van der Waals surface area contributed by atoms with Gasteiger partial charge < -0.3 is 20.3 Å². The van der Waals surface area contributed by atoms with Crippen molar-refractivity contribution in [1.29, 1.82) is 0 Å². The van der Waals surface area contributed by atoms with Crippen LogP contribution in [0.25, 0.3) is 0 Å². The summed E-state index contributed by atoms with van der Waals surface area (Å²) in [6, 6.07) is 13.0. The van der Waals surface area contributed by atoms with Gasteiger partial charge in [-0.3, -0.25) is 14.4 Å². The number of piperazine rings is 1. The topological polar surface area (TPSA) is 125 Å². The molecule has 1 atom stereocenters. The fourth-order valence-corrected chi connectivity index (χ4v) is 5.29. The van der Waals surface area contributed by atoms with Crippen molar-refractivity contribution in [3.8, 4) is 5.75 Å². The molecule has 0 aromatic heterocycles. The number of ether oxygens (including phenoxy) is 1. The zero-order valence-corrected chi connectivity index (χ0v) is 19.5. The van der Waals surface area contributed by atoms with E-state index in [0.29, 0.717) is 23.4 Å². The number of benzene rings is 2. The molecule has 0 saturated carbocycles. The summed E-state index contributed by atoms with van der Waals surface area (Å²) >= 11 is 0. The molecule has 0 bridgehead atoms. The van der Waals surface area contributed by atoms with Crippen LogP contribution in [0.3, 0.4) is 0 Å². The Morgan fingerprint density at radius 2 is 1.79 bits per heavy atom. The van der Waals surface area contributed by atoms with E-state index in [1.807, 2.05) is 6.92 Å². The van der Waals surface area contributed by atoms with Crippen molar-refractivity contribution in [3.05, 3.63) is 54.1 Å². The molecule has 180 valence electrons. The minimum atomic E-state index is -3.82. The number of nitrogens with zero attached hydrogens (tertiary/aromatic N) is 2. The minimum absolute atomic E-state index is 0.0417. The first-order chi connectivity index (χ1) is 16.3. The molecule has 4 rings (SSSR count). The highest BCUT2D eigenvalue weighted by Gasteiger charge is 2.32. The summed E-state index contributed by atoms with van der Waals surface area (Å²) < 4.78 is 33.2. The molecule has 10 nitrogen and oxygen atoms in total. The van der Waals surface area contributed by atoms with E-state index in [1.165, 1.54) is 21.3 Å². The van der Waals surface area contributed by atoms with Crippen molar-refractivity contribution >= 4 is 33.4 Å². The average molecular weight is 487 g/mol. The van der Waals surface area contributed by atoms with Crippen molar-refractivity contribution in [2.24, 2.45) is 0 Å². The highest BCUT2D eigenvalue weighted by atomic mass is 32.2. The van der Waals surface area contributed by atoms with Crippen molar-refractivity contribution in [3.63, 3.8) is 0 Å². The number of hydrogen-bond acceptors (Lipinski definition) is 6. The zero-order valence-electron chi connectivity index (χ0n) is 18.7. The fraction of sp³-hybridized carbons (Fsp3) is 0.348. The molecule has 0 aliphatic carbocycles. The molecule has 2 aromatic rings. The first-order valence-corrected chi connectivity index (χ1v) is 12.5. The third kappa shape index (κ3) is 4.90. The number of fused-ring (bicyclic) bond motifs is 1. The van der Waals surface area contributed by atoms with E-state index in [2.05, 4.69) is 10.6 Å². The van der Waals surface area contributed by atoms with Crippen LogP contribution < -0.4 is 15.4 Å². The van der Waals surface area contributed by atoms with Crippen LogP contribution in [-0.4, -0.2) is 74.2 Å². The van der Waals surface area contributed by atoms with Crippen LogP contribution in [0.15, 0.2) is 53.4 Å². The van der Waals surface area contributed by atoms with Crippen LogP contribution in [-0.2, 0) is 19.6 Å². The molecule has 34 heavy (non-hydrogen) atoms. The lowest BCUT2D eigenvalue weighted by Gasteiger charge is -2.34. The summed E-state index contributed by atoms with van der Waals surface area (Å²) in [6.45, 7) is 2.33. The van der Waals surface area contributed by atoms with Crippen LogP contribution in [0.1, 0.15) is 23.7 Å². The fourth-order valence-electron chi connectivity index (χ4n) is 3.84. The van der Waals surface area contributed by atoms with Gasteiger partial charge in [-0.25, -0.2) is 8.42 Å². The van der Waals surface area contributed by atoms with Gasteiger partial charge >= 0.3 is 0 Å². The van der Waals surface area contributed by atoms with Gasteiger partial charge in [-0.1, -0.05) is 25.1 Å². The first-order valence-electron chi connectivity index (χ1n) is 11.0. The van der Waals surface area contributed by atoms with Crippen molar-refractivity contribution in [2.75, 3.05) is 38.0 Å². The van der Waals surface area contributed by atoms with Gasteiger partial charge in [0, 0.05) is 31.7 Å². The molecule has 2 aromatic carbocycles. The van der Waals surface area contributed by atoms with Crippen molar-refractivity contribution < 1.29 is 27.5 Å². The van der Waals surface area contributed by atoms with Gasteiger partial charge in [0.2, 0.25) is 15.9 Å². The Bertz CT molecular complexity index is 1190. The van der Waals surface area contributed by atoms with E-state index in [-0.39, 0.29) is 55.3 Å². The third-order valence-corrected chi connectivity index (χ3v) is 7.70. The van der Waals surface area contributed by atoms with Gasteiger partial charge in [-0.05, 0) is 36.8 Å². The van der Waals surface area contributed by atoms with E-state index in [4.69, 9.17) is 4.74 Å². The lowest BCUT2D eigenvalue weighted by Crippen LogP contribution is -2.52. The van der Waals surface area contributed by atoms with E-state index in [9.17, 15) is 22.8 Å². The summed E-state index contributed by atoms with van der Waals surface area (Å²) in [4.78, 5) is 38.3. The van der Waals surface area contributed by atoms with E-state index < -0.39 is 16.1 Å². The van der Waals surface area contributed by atoms with Gasteiger partial charge in [0.1, 0.15) is 5.75 Å². The van der Waals surface area contributed by atoms with E-state index in [1.54, 1.807) is 36.4 Å². The molecule has 2 aliphatic rings. The van der Waals surface area contributed by atoms with Crippen LogP contribution >= 0.6 is 0 Å². The molecule has 3 amide bonds. The normalized spacial score (nSPS) is 18.4. The van der Waals surface area contributed by atoms with Gasteiger partial charge in [0.15, 0.2) is 6.10 Å². The predicted molar refractivity (Wildman–Crippen MR) is 124 cm³/mol. The highest BCUT2D eigenvalue weighted by molar-refractivity contribution is 7.89. The van der Waals surface area contributed by atoms with Gasteiger partial charge in [-0.15, -0.1) is 0 Å². The number of nitrogens with one attached hydrogen (secondary N) is 2. The first kappa shape index (κ1) is 23.7. The second-order valence-electron chi connectivity index (χ2n) is 8.00. The Morgan fingerprint density at radius 3 is 2.47 bits per heavy atom. The Balaban J connectivity index is 1.34. The van der Waals surface area contributed by atoms with Crippen LogP contribution in [0.4, 0.5) is 5.69 Å². The number of carbonyl (C=O) groups is 3. The largest absolute Gasteiger partial charge is 0.478 e. The maximum atomic E-state index is 13.1. The standard InChI is InChI=1S/C23H26N4O6S/c1-2-19-23(30)25-18-14-17(8-9-20(18)33-19)34(31,32)27-12-10-26(11-13-27)21(28)15-24-22(29)16-6-4-3-5-7-16/h3-9,14,19H,2,10-13,15H2,1H3,(H,24,29)(H,25,30)/t19-/m0/s1. The lowest BCUT2D eigenvalue weighted by molar-refractivity contribution is -0.131. The smallest absolute Gasteiger partial charge is 0.265 e.